The van der Waals surface area contributed by atoms with Gasteiger partial charge in [-0.2, -0.15) is 0 Å². The number of methoxy groups -OCH3 is 2. The smallest absolute Gasteiger partial charge is 0.133 e. The van der Waals surface area contributed by atoms with E-state index in [1.807, 2.05) is 18.2 Å². The van der Waals surface area contributed by atoms with Gasteiger partial charge in [0.1, 0.15) is 5.75 Å². The molecule has 0 aliphatic carbocycles. The normalized spacial score (nSPS) is 12.5. The molecule has 0 aromatic heterocycles. The Morgan fingerprint density at radius 1 is 1.38 bits per heavy atom. The minimum atomic E-state index is 0.0531. The van der Waals surface area contributed by atoms with Crippen molar-refractivity contribution in [2.24, 2.45) is 5.73 Å². The van der Waals surface area contributed by atoms with Crippen molar-refractivity contribution >= 4 is 15.9 Å². The topological polar surface area (TPSA) is 44.5 Å². The minimum Gasteiger partial charge on any atom is -0.496 e. The summed E-state index contributed by atoms with van der Waals surface area (Å²) in [7, 11) is 3.35. The van der Waals surface area contributed by atoms with E-state index in [0.717, 1.165) is 35.2 Å². The molecular weight excluding hydrogens is 270 g/mol. The molecule has 1 rings (SSSR count). The number of halogens is 1. The molecule has 16 heavy (non-hydrogen) atoms. The minimum absolute atomic E-state index is 0.0531. The van der Waals surface area contributed by atoms with Gasteiger partial charge in [0.05, 0.1) is 11.6 Å². The molecule has 4 heteroatoms. The van der Waals surface area contributed by atoms with E-state index >= 15 is 0 Å². The Morgan fingerprint density at radius 3 is 2.69 bits per heavy atom. The van der Waals surface area contributed by atoms with E-state index in [4.69, 9.17) is 15.2 Å². The second kappa shape index (κ2) is 6.89. The lowest BCUT2D eigenvalue weighted by atomic mass is 10.0. The molecule has 1 unspecified atom stereocenters. The highest BCUT2D eigenvalue weighted by atomic mass is 79.9. The monoisotopic (exact) mass is 287 g/mol. The van der Waals surface area contributed by atoms with Crippen LogP contribution in [0.2, 0.25) is 0 Å². The fraction of sp³-hybridized carbons (Fsp3) is 0.500. The zero-order valence-electron chi connectivity index (χ0n) is 9.70. The van der Waals surface area contributed by atoms with Gasteiger partial charge in [-0.1, -0.05) is 6.07 Å². The lowest BCUT2D eigenvalue weighted by Gasteiger charge is -2.13. The summed E-state index contributed by atoms with van der Waals surface area (Å²) in [4.78, 5) is 0. The molecule has 1 aromatic carbocycles. The predicted molar refractivity (Wildman–Crippen MR) is 68.7 cm³/mol. The summed E-state index contributed by atoms with van der Waals surface area (Å²) >= 11 is 3.45. The van der Waals surface area contributed by atoms with Crippen LogP contribution < -0.4 is 10.5 Å². The van der Waals surface area contributed by atoms with Crippen molar-refractivity contribution in [1.82, 2.24) is 0 Å². The fourth-order valence-corrected chi connectivity index (χ4v) is 2.09. The van der Waals surface area contributed by atoms with Crippen LogP contribution in [0.4, 0.5) is 0 Å². The Balaban J connectivity index is 2.62. The highest BCUT2D eigenvalue weighted by Gasteiger charge is 2.08. The standard InChI is InChI=1S/C12H18BrNO2/c1-15-7-3-4-11(14)9-5-6-12(16-2)10(13)8-9/h5-6,8,11H,3-4,7,14H2,1-2H3. The van der Waals surface area contributed by atoms with Crippen molar-refractivity contribution in [3.63, 3.8) is 0 Å². The van der Waals surface area contributed by atoms with Gasteiger partial charge in [-0.3, -0.25) is 0 Å². The predicted octanol–water partition coefficient (Wildman–Crippen LogP) is 2.88. The molecule has 0 saturated heterocycles. The summed E-state index contributed by atoms with van der Waals surface area (Å²) in [6, 6.07) is 5.99. The van der Waals surface area contributed by atoms with Crippen LogP contribution >= 0.6 is 15.9 Å². The Bertz CT molecular complexity index is 331. The number of ether oxygens (including phenoxy) is 2. The molecule has 0 radical (unpaired) electrons. The SMILES string of the molecule is COCCCC(N)c1ccc(OC)c(Br)c1. The molecule has 0 aliphatic rings. The summed E-state index contributed by atoms with van der Waals surface area (Å²) in [6.07, 6.45) is 1.90. The third kappa shape index (κ3) is 3.77. The average Bonchev–Trinajstić information content (AvgIpc) is 2.29. The van der Waals surface area contributed by atoms with E-state index in [1.165, 1.54) is 0 Å². The first-order valence-corrected chi connectivity index (χ1v) is 6.06. The third-order valence-corrected chi connectivity index (χ3v) is 3.09. The lowest BCUT2D eigenvalue weighted by Crippen LogP contribution is -2.11. The number of hydrogen-bond acceptors (Lipinski definition) is 3. The van der Waals surface area contributed by atoms with Crippen molar-refractivity contribution in [1.29, 1.82) is 0 Å². The van der Waals surface area contributed by atoms with Crippen molar-refractivity contribution in [2.75, 3.05) is 20.8 Å². The van der Waals surface area contributed by atoms with Gasteiger partial charge in [0.25, 0.3) is 0 Å². The van der Waals surface area contributed by atoms with Crippen LogP contribution in [0, 0.1) is 0 Å². The molecule has 0 aliphatic heterocycles. The van der Waals surface area contributed by atoms with Crippen molar-refractivity contribution < 1.29 is 9.47 Å². The van der Waals surface area contributed by atoms with Gasteiger partial charge in [0, 0.05) is 19.8 Å². The van der Waals surface area contributed by atoms with Crippen LogP contribution in [0.25, 0.3) is 0 Å². The van der Waals surface area contributed by atoms with Crippen molar-refractivity contribution in [2.45, 2.75) is 18.9 Å². The van der Waals surface area contributed by atoms with E-state index in [9.17, 15) is 0 Å². The molecular formula is C12H18BrNO2. The molecule has 0 fully saturated rings. The molecule has 1 atom stereocenters. The first-order valence-electron chi connectivity index (χ1n) is 5.27. The van der Waals surface area contributed by atoms with Gasteiger partial charge in [-0.15, -0.1) is 0 Å². The Hall–Kier alpha value is -0.580. The molecule has 0 amide bonds. The first kappa shape index (κ1) is 13.5. The van der Waals surface area contributed by atoms with E-state index in [0.29, 0.717) is 0 Å². The van der Waals surface area contributed by atoms with Crippen molar-refractivity contribution in [3.05, 3.63) is 28.2 Å². The number of benzene rings is 1. The molecule has 0 saturated carbocycles. The zero-order chi connectivity index (χ0) is 12.0. The van der Waals surface area contributed by atoms with Gasteiger partial charge in [-0.05, 0) is 46.5 Å². The van der Waals surface area contributed by atoms with E-state index in [1.54, 1.807) is 14.2 Å². The van der Waals surface area contributed by atoms with Gasteiger partial charge >= 0.3 is 0 Å². The van der Waals surface area contributed by atoms with Gasteiger partial charge < -0.3 is 15.2 Å². The Morgan fingerprint density at radius 2 is 2.12 bits per heavy atom. The maximum atomic E-state index is 6.08. The zero-order valence-corrected chi connectivity index (χ0v) is 11.3. The maximum Gasteiger partial charge on any atom is 0.133 e. The molecule has 0 bridgehead atoms. The van der Waals surface area contributed by atoms with E-state index < -0.39 is 0 Å². The van der Waals surface area contributed by atoms with Crippen molar-refractivity contribution in [3.8, 4) is 5.75 Å². The van der Waals surface area contributed by atoms with E-state index in [2.05, 4.69) is 15.9 Å². The molecule has 0 heterocycles. The summed E-state index contributed by atoms with van der Waals surface area (Å²) in [5.74, 6) is 0.827. The summed E-state index contributed by atoms with van der Waals surface area (Å²) in [5, 5.41) is 0. The Labute approximate surface area is 105 Å². The maximum absolute atomic E-state index is 6.08. The molecule has 3 nitrogen and oxygen atoms in total. The van der Waals surface area contributed by atoms with Gasteiger partial charge in [0.2, 0.25) is 0 Å². The van der Waals surface area contributed by atoms with Crippen LogP contribution in [0.15, 0.2) is 22.7 Å². The molecule has 2 N–H and O–H groups in total. The molecule has 0 spiro atoms. The first-order chi connectivity index (χ1) is 7.69. The molecule has 90 valence electrons. The quantitative estimate of drug-likeness (QED) is 0.819. The fourth-order valence-electron chi connectivity index (χ4n) is 1.53. The lowest BCUT2D eigenvalue weighted by molar-refractivity contribution is 0.190. The summed E-state index contributed by atoms with van der Waals surface area (Å²) in [6.45, 7) is 0.755. The van der Waals surface area contributed by atoms with Crippen LogP contribution in [0.3, 0.4) is 0 Å². The number of hydrogen-bond donors (Lipinski definition) is 1. The van der Waals surface area contributed by atoms with Crippen LogP contribution in [-0.4, -0.2) is 20.8 Å². The largest absolute Gasteiger partial charge is 0.496 e. The van der Waals surface area contributed by atoms with Crippen LogP contribution in [-0.2, 0) is 4.74 Å². The Kier molecular flexibility index (Phi) is 5.80. The van der Waals surface area contributed by atoms with Crippen LogP contribution in [0.5, 0.6) is 5.75 Å². The van der Waals surface area contributed by atoms with Gasteiger partial charge in [0.15, 0.2) is 0 Å². The second-order valence-corrected chi connectivity index (χ2v) is 4.49. The third-order valence-electron chi connectivity index (χ3n) is 2.47. The van der Waals surface area contributed by atoms with E-state index in [-0.39, 0.29) is 6.04 Å². The highest BCUT2D eigenvalue weighted by molar-refractivity contribution is 9.10. The number of rotatable bonds is 6. The summed E-state index contributed by atoms with van der Waals surface area (Å²) < 4.78 is 11.1. The second-order valence-electron chi connectivity index (χ2n) is 3.64. The average molecular weight is 288 g/mol. The highest BCUT2D eigenvalue weighted by Crippen LogP contribution is 2.28. The number of nitrogens with two attached hydrogens (primary N) is 1. The summed E-state index contributed by atoms with van der Waals surface area (Å²) in [5.41, 5.74) is 7.19. The van der Waals surface area contributed by atoms with Crippen LogP contribution in [0.1, 0.15) is 24.4 Å². The van der Waals surface area contributed by atoms with Gasteiger partial charge in [-0.25, -0.2) is 0 Å². The molecule has 1 aromatic rings.